The monoisotopic (exact) mass is 253 g/mol. The highest BCUT2D eigenvalue weighted by Crippen LogP contribution is 2.19. The maximum atomic E-state index is 5.86. The molecule has 0 radical (unpaired) electrons. The van der Waals surface area contributed by atoms with Gasteiger partial charge in [0.15, 0.2) is 0 Å². The minimum absolute atomic E-state index is 0.233. The SMILES string of the molecule is CC(C)c1nc(N)cc(-n2cnc3ccccc32)n1. The molecule has 1 aromatic carbocycles. The van der Waals surface area contributed by atoms with Crippen LogP contribution in [0.25, 0.3) is 16.9 Å². The standard InChI is InChI=1S/C14H15N5/c1-9(2)14-17-12(15)7-13(18-14)19-8-16-10-5-3-4-6-11(10)19/h3-9H,1-2H3,(H2,15,17,18). The second-order valence-corrected chi connectivity index (χ2v) is 4.77. The third kappa shape index (κ3) is 2.03. The molecule has 0 atom stereocenters. The molecule has 2 N–H and O–H groups in total. The van der Waals surface area contributed by atoms with Crippen LogP contribution in [0.1, 0.15) is 25.6 Å². The molecule has 0 aliphatic rings. The zero-order chi connectivity index (χ0) is 13.4. The van der Waals surface area contributed by atoms with Crippen LogP contribution in [0, 0.1) is 0 Å². The van der Waals surface area contributed by atoms with Gasteiger partial charge in [-0.3, -0.25) is 4.57 Å². The molecule has 3 rings (SSSR count). The fourth-order valence-corrected chi connectivity index (χ4v) is 1.99. The molecule has 0 bridgehead atoms. The largest absolute Gasteiger partial charge is 0.384 e. The Hall–Kier alpha value is -2.43. The number of benzene rings is 1. The number of nitrogens with two attached hydrogens (primary N) is 1. The Balaban J connectivity index is 2.21. The van der Waals surface area contributed by atoms with Gasteiger partial charge < -0.3 is 5.73 Å². The molecule has 3 aromatic rings. The van der Waals surface area contributed by atoms with Crippen molar-refractivity contribution in [3.8, 4) is 5.82 Å². The summed E-state index contributed by atoms with van der Waals surface area (Å²) < 4.78 is 1.93. The summed E-state index contributed by atoms with van der Waals surface area (Å²) in [5.41, 5.74) is 7.81. The first-order chi connectivity index (χ1) is 9.15. The number of rotatable bonds is 2. The number of aromatic nitrogens is 4. The van der Waals surface area contributed by atoms with Gasteiger partial charge in [-0.15, -0.1) is 0 Å². The van der Waals surface area contributed by atoms with Gasteiger partial charge in [-0.25, -0.2) is 15.0 Å². The summed E-state index contributed by atoms with van der Waals surface area (Å²) in [7, 11) is 0. The molecular formula is C14H15N5. The van der Waals surface area contributed by atoms with Crippen LogP contribution in [0.2, 0.25) is 0 Å². The maximum absolute atomic E-state index is 5.86. The molecule has 0 saturated heterocycles. The quantitative estimate of drug-likeness (QED) is 0.761. The van der Waals surface area contributed by atoms with Crippen LogP contribution in [-0.2, 0) is 0 Å². The van der Waals surface area contributed by atoms with E-state index in [1.807, 2.05) is 42.7 Å². The Labute approximate surface area is 111 Å². The van der Waals surface area contributed by atoms with Gasteiger partial charge in [0.1, 0.15) is 23.8 Å². The van der Waals surface area contributed by atoms with Crippen molar-refractivity contribution in [3.05, 3.63) is 42.5 Å². The number of imidazole rings is 1. The van der Waals surface area contributed by atoms with E-state index in [0.717, 1.165) is 22.7 Å². The van der Waals surface area contributed by atoms with Gasteiger partial charge >= 0.3 is 0 Å². The highest BCUT2D eigenvalue weighted by atomic mass is 15.1. The van der Waals surface area contributed by atoms with Crippen molar-refractivity contribution in [2.45, 2.75) is 19.8 Å². The first kappa shape index (κ1) is 11.6. The Morgan fingerprint density at radius 3 is 2.74 bits per heavy atom. The lowest BCUT2D eigenvalue weighted by atomic mass is 10.2. The van der Waals surface area contributed by atoms with Crippen LogP contribution < -0.4 is 5.73 Å². The maximum Gasteiger partial charge on any atom is 0.144 e. The van der Waals surface area contributed by atoms with Gasteiger partial charge in [0.05, 0.1) is 11.0 Å². The normalized spacial score (nSPS) is 11.3. The van der Waals surface area contributed by atoms with Gasteiger partial charge in [0, 0.05) is 12.0 Å². The topological polar surface area (TPSA) is 69.6 Å². The molecule has 0 saturated carbocycles. The summed E-state index contributed by atoms with van der Waals surface area (Å²) in [4.78, 5) is 13.2. The van der Waals surface area contributed by atoms with E-state index in [0.29, 0.717) is 5.82 Å². The number of nitrogen functional groups attached to an aromatic ring is 1. The summed E-state index contributed by atoms with van der Waals surface area (Å²) in [5, 5.41) is 0. The summed E-state index contributed by atoms with van der Waals surface area (Å²) in [6, 6.07) is 9.69. The number of anilines is 1. The van der Waals surface area contributed by atoms with Crippen LogP contribution in [0.3, 0.4) is 0 Å². The van der Waals surface area contributed by atoms with Crippen LogP contribution >= 0.6 is 0 Å². The molecule has 2 heterocycles. The third-order valence-corrected chi connectivity index (χ3v) is 2.97. The Kier molecular flexibility index (Phi) is 2.67. The lowest BCUT2D eigenvalue weighted by Crippen LogP contribution is -2.06. The van der Waals surface area contributed by atoms with Gasteiger partial charge in [-0.2, -0.15) is 0 Å². The molecule has 5 nitrogen and oxygen atoms in total. The number of hydrogen-bond donors (Lipinski definition) is 1. The molecule has 0 unspecified atom stereocenters. The molecule has 0 aliphatic carbocycles. The Bertz CT molecular complexity index is 730. The fourth-order valence-electron chi connectivity index (χ4n) is 1.99. The smallest absolute Gasteiger partial charge is 0.144 e. The highest BCUT2D eigenvalue weighted by Gasteiger charge is 2.10. The highest BCUT2D eigenvalue weighted by molar-refractivity contribution is 5.76. The molecule has 2 aromatic heterocycles. The van der Waals surface area contributed by atoms with E-state index in [9.17, 15) is 0 Å². The van der Waals surface area contributed by atoms with Crippen molar-refractivity contribution < 1.29 is 0 Å². The second kappa shape index (κ2) is 4.35. The Morgan fingerprint density at radius 1 is 1.16 bits per heavy atom. The molecule has 0 fully saturated rings. The van der Waals surface area contributed by atoms with E-state index < -0.39 is 0 Å². The van der Waals surface area contributed by atoms with Crippen molar-refractivity contribution in [1.29, 1.82) is 0 Å². The van der Waals surface area contributed by atoms with Crippen LogP contribution in [0.15, 0.2) is 36.7 Å². The summed E-state index contributed by atoms with van der Waals surface area (Å²) in [6.07, 6.45) is 1.76. The van der Waals surface area contributed by atoms with Gasteiger partial charge in [-0.05, 0) is 12.1 Å². The third-order valence-electron chi connectivity index (χ3n) is 2.97. The summed E-state index contributed by atoms with van der Waals surface area (Å²) >= 11 is 0. The average molecular weight is 253 g/mol. The minimum Gasteiger partial charge on any atom is -0.384 e. The van der Waals surface area contributed by atoms with Crippen molar-refractivity contribution >= 4 is 16.9 Å². The predicted molar refractivity (Wildman–Crippen MR) is 75.2 cm³/mol. The molecule has 19 heavy (non-hydrogen) atoms. The first-order valence-corrected chi connectivity index (χ1v) is 6.22. The minimum atomic E-state index is 0.233. The molecule has 0 amide bonds. The van der Waals surface area contributed by atoms with Crippen LogP contribution in [-0.4, -0.2) is 19.5 Å². The summed E-state index contributed by atoms with van der Waals surface area (Å²) in [5.74, 6) is 2.21. The van der Waals surface area contributed by atoms with E-state index in [2.05, 4.69) is 15.0 Å². The van der Waals surface area contributed by atoms with Gasteiger partial charge in [0.25, 0.3) is 0 Å². The number of hydrogen-bond acceptors (Lipinski definition) is 4. The van der Waals surface area contributed by atoms with Crippen molar-refractivity contribution in [1.82, 2.24) is 19.5 Å². The van der Waals surface area contributed by atoms with E-state index >= 15 is 0 Å². The van der Waals surface area contributed by atoms with E-state index in [4.69, 9.17) is 5.73 Å². The fraction of sp³-hybridized carbons (Fsp3) is 0.214. The van der Waals surface area contributed by atoms with Crippen molar-refractivity contribution in [3.63, 3.8) is 0 Å². The number of fused-ring (bicyclic) bond motifs is 1. The van der Waals surface area contributed by atoms with Crippen LogP contribution in [0.5, 0.6) is 0 Å². The molecule has 96 valence electrons. The van der Waals surface area contributed by atoms with E-state index in [1.54, 1.807) is 12.4 Å². The van der Waals surface area contributed by atoms with Crippen LogP contribution in [0.4, 0.5) is 5.82 Å². The van der Waals surface area contributed by atoms with Crippen molar-refractivity contribution in [2.24, 2.45) is 0 Å². The molecule has 5 heteroatoms. The molecule has 0 aliphatic heterocycles. The van der Waals surface area contributed by atoms with Crippen molar-refractivity contribution in [2.75, 3.05) is 5.73 Å². The van der Waals surface area contributed by atoms with Gasteiger partial charge in [0.2, 0.25) is 0 Å². The average Bonchev–Trinajstić information content (AvgIpc) is 2.81. The summed E-state index contributed by atoms with van der Waals surface area (Å²) in [6.45, 7) is 4.09. The van der Waals surface area contributed by atoms with Gasteiger partial charge in [-0.1, -0.05) is 26.0 Å². The second-order valence-electron chi connectivity index (χ2n) is 4.77. The predicted octanol–water partition coefficient (Wildman–Crippen LogP) is 2.52. The van der Waals surface area contributed by atoms with E-state index in [-0.39, 0.29) is 5.92 Å². The molecular weight excluding hydrogens is 238 g/mol. The molecule has 0 spiro atoms. The number of para-hydroxylation sites is 2. The zero-order valence-corrected chi connectivity index (χ0v) is 10.9. The number of nitrogens with zero attached hydrogens (tertiary/aromatic N) is 4. The zero-order valence-electron chi connectivity index (χ0n) is 10.9. The Morgan fingerprint density at radius 2 is 1.95 bits per heavy atom. The van der Waals surface area contributed by atoms with E-state index in [1.165, 1.54) is 0 Å². The first-order valence-electron chi connectivity index (χ1n) is 6.22. The lowest BCUT2D eigenvalue weighted by molar-refractivity contribution is 0.767. The lowest BCUT2D eigenvalue weighted by Gasteiger charge is -2.09.